The average Bonchev–Trinajstić information content (AvgIpc) is 2.12. The van der Waals surface area contributed by atoms with Crippen LogP contribution in [0.2, 0.25) is 0 Å². The van der Waals surface area contributed by atoms with E-state index in [9.17, 15) is 4.79 Å². The molecule has 1 rings (SSSR count). The Bertz CT molecular complexity index is 187. The van der Waals surface area contributed by atoms with E-state index in [1.807, 2.05) is 0 Å². The first-order chi connectivity index (χ1) is 3.80. The van der Waals surface area contributed by atoms with Gasteiger partial charge in [0, 0.05) is 5.38 Å². The lowest BCUT2D eigenvalue weighted by Crippen LogP contribution is -1.95. The molecule has 0 saturated heterocycles. The zero-order valence-electron chi connectivity index (χ0n) is 4.94. The Morgan fingerprint density at radius 1 is 1.70 bits per heavy atom. The van der Waals surface area contributed by atoms with Gasteiger partial charge in [-0.1, -0.05) is 4.49 Å². The van der Waals surface area contributed by atoms with Crippen molar-refractivity contribution >= 4 is 17.5 Å². The highest BCUT2D eigenvalue weighted by Gasteiger charge is 2.02. The number of nitrogens with zero attached hydrogens (tertiary/aromatic N) is 2. The fourth-order valence-corrected chi connectivity index (χ4v) is 0.688. The van der Waals surface area contributed by atoms with Gasteiger partial charge in [0.2, 0.25) is 0 Å². The zero-order valence-corrected chi connectivity index (χ0v) is 5.76. The molecule has 0 spiro atoms. The summed E-state index contributed by atoms with van der Waals surface area (Å²) in [5, 5.41) is 12.8. The van der Waals surface area contributed by atoms with Gasteiger partial charge >= 0.3 is 5.97 Å². The first-order valence-electron chi connectivity index (χ1n) is 1.81. The maximum Gasteiger partial charge on any atom is 0.357 e. The van der Waals surface area contributed by atoms with Gasteiger partial charge in [0.15, 0.2) is 5.69 Å². The third kappa shape index (κ3) is 2.49. The fourth-order valence-electron chi connectivity index (χ4n) is 0.258. The van der Waals surface area contributed by atoms with Crippen LogP contribution in [-0.2, 0) is 0 Å². The van der Waals surface area contributed by atoms with Crippen molar-refractivity contribution in [3.8, 4) is 0 Å². The van der Waals surface area contributed by atoms with E-state index < -0.39 is 5.97 Å². The Morgan fingerprint density at radius 2 is 2.30 bits per heavy atom. The third-order valence-corrected chi connectivity index (χ3v) is 1.08. The van der Waals surface area contributed by atoms with Crippen molar-refractivity contribution in [1.29, 1.82) is 0 Å². The van der Waals surface area contributed by atoms with Crippen LogP contribution in [0.3, 0.4) is 0 Å². The van der Waals surface area contributed by atoms with Crippen molar-refractivity contribution < 1.29 is 15.4 Å². The smallest absolute Gasteiger partial charge is 0.357 e. The Hall–Kier alpha value is -1.05. The van der Waals surface area contributed by atoms with Gasteiger partial charge in [-0.25, -0.2) is 4.79 Å². The fraction of sp³-hybridized carbons (Fsp3) is 0. The Balaban J connectivity index is 0. The van der Waals surface area contributed by atoms with Crippen LogP contribution in [0.15, 0.2) is 5.38 Å². The molecule has 0 bridgehead atoms. The molecule has 0 saturated carbocycles. The molecule has 0 amide bonds. The van der Waals surface area contributed by atoms with Crippen molar-refractivity contribution in [2.24, 2.45) is 0 Å². The number of carboxylic acids is 1. The van der Waals surface area contributed by atoms with E-state index in [1.165, 1.54) is 5.38 Å². The highest BCUT2D eigenvalue weighted by atomic mass is 32.1. The van der Waals surface area contributed by atoms with Gasteiger partial charge in [-0.3, -0.25) is 0 Å². The number of hydrogen-bond donors (Lipinski definition) is 2. The molecule has 7 heteroatoms. The lowest BCUT2D eigenvalue weighted by molar-refractivity contribution is 0.0690. The van der Waals surface area contributed by atoms with Crippen molar-refractivity contribution in [2.75, 3.05) is 0 Å². The maximum atomic E-state index is 9.97. The number of aromatic carboxylic acids is 1. The van der Waals surface area contributed by atoms with Gasteiger partial charge in [-0.15, -0.1) is 5.10 Å². The summed E-state index contributed by atoms with van der Waals surface area (Å²) in [5.41, 5.74) is 0.00926. The predicted molar refractivity (Wildman–Crippen MR) is 35.5 cm³/mol. The Morgan fingerprint density at radius 3 is 2.50 bits per heavy atom. The molecule has 1 aromatic heterocycles. The zero-order chi connectivity index (χ0) is 5.98. The van der Waals surface area contributed by atoms with Crippen LogP contribution in [0.4, 0.5) is 0 Å². The second kappa shape index (κ2) is 4.79. The van der Waals surface area contributed by atoms with Crippen LogP contribution in [0, 0.1) is 0 Å². The molecular formula is C3H7N3O3S. The third-order valence-electron chi connectivity index (χ3n) is 0.579. The van der Waals surface area contributed by atoms with E-state index in [-0.39, 0.29) is 17.3 Å². The predicted octanol–water partition coefficient (Wildman–Crippen LogP) is -0.426. The molecule has 0 aliphatic rings. The summed E-state index contributed by atoms with van der Waals surface area (Å²) in [6, 6.07) is 0. The highest BCUT2D eigenvalue weighted by molar-refractivity contribution is 7.03. The van der Waals surface area contributed by atoms with Gasteiger partial charge in [0.1, 0.15) is 0 Å². The molecule has 0 aliphatic carbocycles. The van der Waals surface area contributed by atoms with Crippen LogP contribution in [0.1, 0.15) is 10.5 Å². The van der Waals surface area contributed by atoms with Crippen molar-refractivity contribution in [2.45, 2.75) is 0 Å². The van der Waals surface area contributed by atoms with E-state index in [0.29, 0.717) is 0 Å². The van der Waals surface area contributed by atoms with Crippen molar-refractivity contribution in [3.05, 3.63) is 11.1 Å². The summed E-state index contributed by atoms with van der Waals surface area (Å²) in [4.78, 5) is 9.97. The Labute approximate surface area is 60.6 Å². The number of carbonyl (C=O) groups is 1. The van der Waals surface area contributed by atoms with Gasteiger partial charge in [0.25, 0.3) is 0 Å². The number of rotatable bonds is 1. The van der Waals surface area contributed by atoms with E-state index in [1.54, 1.807) is 0 Å². The quantitative estimate of drug-likeness (QED) is 0.583. The summed E-state index contributed by atoms with van der Waals surface area (Å²) in [7, 11) is 0. The molecule has 10 heavy (non-hydrogen) atoms. The van der Waals surface area contributed by atoms with Gasteiger partial charge < -0.3 is 16.7 Å². The summed E-state index contributed by atoms with van der Waals surface area (Å²) in [5.74, 6) is -1.03. The highest BCUT2D eigenvalue weighted by Crippen LogP contribution is 1.94. The molecule has 0 aromatic carbocycles. The van der Waals surface area contributed by atoms with Gasteiger partial charge in [-0.2, -0.15) is 0 Å². The van der Waals surface area contributed by atoms with Crippen molar-refractivity contribution in [1.82, 2.24) is 15.7 Å². The molecule has 1 heterocycles. The minimum atomic E-state index is -1.03. The molecule has 6 N–H and O–H groups in total. The number of carboxylic acid groups (broad SMARTS) is 1. The first-order valence-corrected chi connectivity index (χ1v) is 2.64. The maximum absolute atomic E-state index is 9.97. The van der Waals surface area contributed by atoms with Crippen molar-refractivity contribution in [3.63, 3.8) is 0 Å². The van der Waals surface area contributed by atoms with Gasteiger partial charge in [-0.05, 0) is 11.5 Å². The second-order valence-corrected chi connectivity index (χ2v) is 1.71. The van der Waals surface area contributed by atoms with Crippen LogP contribution in [0.5, 0.6) is 0 Å². The molecule has 0 fully saturated rings. The summed E-state index contributed by atoms with van der Waals surface area (Å²) < 4.78 is 3.35. The monoisotopic (exact) mass is 165 g/mol. The van der Waals surface area contributed by atoms with Gasteiger partial charge in [0.05, 0.1) is 0 Å². The number of hydrogen-bond acceptors (Lipinski definition) is 5. The molecule has 0 atom stereocenters. The minimum Gasteiger partial charge on any atom is -0.476 e. The lowest BCUT2D eigenvalue weighted by atomic mass is 10.5. The summed E-state index contributed by atoms with van der Waals surface area (Å²) in [6.07, 6.45) is 0. The first kappa shape index (κ1) is 11.7. The molecule has 0 unspecified atom stereocenters. The van der Waals surface area contributed by atoms with E-state index in [0.717, 1.165) is 11.5 Å². The van der Waals surface area contributed by atoms with E-state index in [4.69, 9.17) is 5.11 Å². The van der Waals surface area contributed by atoms with Crippen LogP contribution in [-0.4, -0.2) is 26.1 Å². The van der Waals surface area contributed by atoms with Crippen LogP contribution >= 0.6 is 11.5 Å². The van der Waals surface area contributed by atoms with E-state index in [2.05, 4.69) is 9.59 Å². The molecule has 0 radical (unpaired) electrons. The minimum absolute atomic E-state index is 0. The van der Waals surface area contributed by atoms with E-state index >= 15 is 0 Å². The topological polar surface area (TPSA) is 130 Å². The summed E-state index contributed by atoms with van der Waals surface area (Å²) in [6.45, 7) is 0. The molecule has 1 aromatic rings. The second-order valence-electron chi connectivity index (χ2n) is 1.10. The molecule has 6 nitrogen and oxygen atoms in total. The SMILES string of the molecule is N.O.O=C(O)c1csnn1. The largest absolute Gasteiger partial charge is 0.476 e. The molecule has 58 valence electrons. The Kier molecular flexibility index (Phi) is 5.61. The number of aromatic nitrogens is 2. The van der Waals surface area contributed by atoms with Crippen LogP contribution < -0.4 is 6.15 Å². The standard InChI is InChI=1S/C3H2N2O2S.H3N.H2O/c6-3(7)2-1-8-5-4-2;;/h1H,(H,6,7);1H3;1H2. The molecule has 0 aliphatic heterocycles. The van der Waals surface area contributed by atoms with Crippen LogP contribution in [0.25, 0.3) is 0 Å². The normalized spacial score (nSPS) is 7.20. The summed E-state index contributed by atoms with van der Waals surface area (Å²) >= 11 is 1.03. The average molecular weight is 165 g/mol. The molecular weight excluding hydrogens is 158 g/mol. The lowest BCUT2D eigenvalue weighted by Gasteiger charge is -1.75.